The number of carbonyl (C=O) groups excluding carboxylic acids is 1. The van der Waals surface area contributed by atoms with E-state index in [1.54, 1.807) is 19.2 Å². The summed E-state index contributed by atoms with van der Waals surface area (Å²) in [7, 11) is 1.67. The van der Waals surface area contributed by atoms with Crippen LogP contribution in [0, 0.1) is 10.1 Å². The normalized spacial score (nSPS) is 9.95. The summed E-state index contributed by atoms with van der Waals surface area (Å²) in [5.41, 5.74) is 0.935. The van der Waals surface area contributed by atoms with E-state index in [-0.39, 0.29) is 17.8 Å². The van der Waals surface area contributed by atoms with Crippen LogP contribution in [0.3, 0.4) is 0 Å². The Morgan fingerprint density at radius 2 is 2.19 bits per heavy atom. The molecule has 21 heavy (non-hydrogen) atoms. The maximum absolute atomic E-state index is 12.1. The summed E-state index contributed by atoms with van der Waals surface area (Å²) in [4.78, 5) is 22.5. The Morgan fingerprint density at radius 1 is 1.38 bits per heavy atom. The molecular weight excluding hydrogens is 274 g/mol. The van der Waals surface area contributed by atoms with Crippen molar-refractivity contribution < 1.29 is 9.72 Å². The van der Waals surface area contributed by atoms with Crippen LogP contribution in [-0.4, -0.2) is 28.1 Å². The Morgan fingerprint density at radius 3 is 2.81 bits per heavy atom. The smallest absolute Gasteiger partial charge is 0.282 e. The zero-order valence-electron chi connectivity index (χ0n) is 11.2. The molecule has 0 aliphatic rings. The molecule has 0 spiro atoms. The van der Waals surface area contributed by atoms with Gasteiger partial charge >= 0.3 is 0 Å². The predicted octanol–water partition coefficient (Wildman–Crippen LogP) is 1.36. The average molecular weight is 287 g/mol. The van der Waals surface area contributed by atoms with Crippen LogP contribution in [0.4, 0.5) is 11.4 Å². The summed E-state index contributed by atoms with van der Waals surface area (Å²) in [5.74, 6) is -0.538. The fourth-order valence-corrected chi connectivity index (χ4v) is 1.73. The summed E-state index contributed by atoms with van der Waals surface area (Å²) < 4.78 is 0. The SMILES string of the molecule is CNc1ccc([N+](=O)[O-])c(C(=O)NCc2cccnn2)c1. The van der Waals surface area contributed by atoms with E-state index in [1.165, 1.54) is 24.4 Å². The number of benzene rings is 1. The molecule has 1 aromatic heterocycles. The molecule has 0 aliphatic carbocycles. The number of nitrogens with zero attached hydrogens (tertiary/aromatic N) is 3. The molecule has 108 valence electrons. The molecule has 2 aromatic rings. The number of anilines is 1. The molecule has 8 heteroatoms. The van der Waals surface area contributed by atoms with Crippen LogP contribution in [0.15, 0.2) is 36.5 Å². The highest BCUT2D eigenvalue weighted by Crippen LogP contribution is 2.22. The van der Waals surface area contributed by atoms with Gasteiger partial charge in [-0.25, -0.2) is 0 Å². The number of nitrogens with one attached hydrogen (secondary N) is 2. The Hall–Kier alpha value is -3.03. The zero-order chi connectivity index (χ0) is 15.2. The average Bonchev–Trinajstić information content (AvgIpc) is 2.52. The lowest BCUT2D eigenvalue weighted by molar-refractivity contribution is -0.385. The van der Waals surface area contributed by atoms with Crippen molar-refractivity contribution in [3.63, 3.8) is 0 Å². The molecule has 0 saturated heterocycles. The first kappa shape index (κ1) is 14.4. The lowest BCUT2D eigenvalue weighted by atomic mass is 10.1. The van der Waals surface area contributed by atoms with Gasteiger partial charge in [0.25, 0.3) is 11.6 Å². The summed E-state index contributed by atoms with van der Waals surface area (Å²) in [6.07, 6.45) is 1.52. The van der Waals surface area contributed by atoms with Crippen LogP contribution >= 0.6 is 0 Å². The quantitative estimate of drug-likeness (QED) is 0.634. The van der Waals surface area contributed by atoms with Crippen LogP contribution in [0.25, 0.3) is 0 Å². The van der Waals surface area contributed by atoms with Crippen molar-refractivity contribution in [1.82, 2.24) is 15.5 Å². The third kappa shape index (κ3) is 3.50. The van der Waals surface area contributed by atoms with Crippen molar-refractivity contribution in [3.8, 4) is 0 Å². The number of hydrogen-bond donors (Lipinski definition) is 2. The van der Waals surface area contributed by atoms with E-state index >= 15 is 0 Å². The van der Waals surface area contributed by atoms with Gasteiger partial charge in [0.1, 0.15) is 5.56 Å². The number of carbonyl (C=O) groups is 1. The van der Waals surface area contributed by atoms with E-state index < -0.39 is 10.8 Å². The first-order valence-electron chi connectivity index (χ1n) is 6.13. The van der Waals surface area contributed by atoms with E-state index in [0.29, 0.717) is 11.4 Å². The van der Waals surface area contributed by atoms with E-state index in [0.717, 1.165) is 0 Å². The fraction of sp³-hybridized carbons (Fsp3) is 0.154. The standard InChI is InChI=1S/C13H13N5O3/c1-14-9-4-5-12(18(20)21)11(7-9)13(19)15-8-10-3-2-6-16-17-10/h2-7,14H,8H2,1H3,(H,15,19). The van der Waals surface area contributed by atoms with Gasteiger partial charge in [0.05, 0.1) is 17.2 Å². The molecule has 0 atom stereocenters. The molecule has 1 heterocycles. The topological polar surface area (TPSA) is 110 Å². The minimum atomic E-state index is -0.587. The molecular formula is C13H13N5O3. The Kier molecular flexibility index (Phi) is 4.39. The van der Waals surface area contributed by atoms with E-state index in [1.807, 2.05) is 0 Å². The Bertz CT molecular complexity index is 660. The second-order valence-electron chi connectivity index (χ2n) is 4.14. The van der Waals surface area contributed by atoms with Gasteiger partial charge in [-0.3, -0.25) is 14.9 Å². The first-order valence-corrected chi connectivity index (χ1v) is 6.13. The van der Waals surface area contributed by atoms with Crippen molar-refractivity contribution in [1.29, 1.82) is 0 Å². The largest absolute Gasteiger partial charge is 0.388 e. The number of nitro benzene ring substituents is 1. The third-order valence-electron chi connectivity index (χ3n) is 2.78. The molecule has 0 unspecified atom stereocenters. The second-order valence-corrected chi connectivity index (χ2v) is 4.14. The van der Waals surface area contributed by atoms with Gasteiger partial charge in [0.2, 0.25) is 0 Å². The van der Waals surface area contributed by atoms with Gasteiger partial charge in [-0.2, -0.15) is 10.2 Å². The van der Waals surface area contributed by atoms with Gasteiger partial charge in [-0.1, -0.05) is 0 Å². The highest BCUT2D eigenvalue weighted by Gasteiger charge is 2.20. The van der Waals surface area contributed by atoms with Gasteiger partial charge in [0.15, 0.2) is 0 Å². The molecule has 2 rings (SSSR count). The molecule has 0 bridgehead atoms. The molecule has 0 fully saturated rings. The number of rotatable bonds is 5. The first-order chi connectivity index (χ1) is 10.1. The summed E-state index contributed by atoms with van der Waals surface area (Å²) >= 11 is 0. The van der Waals surface area contributed by atoms with Crippen LogP contribution in [0.5, 0.6) is 0 Å². The van der Waals surface area contributed by atoms with Crippen molar-refractivity contribution in [2.75, 3.05) is 12.4 Å². The van der Waals surface area contributed by atoms with Crippen molar-refractivity contribution in [2.45, 2.75) is 6.54 Å². The van der Waals surface area contributed by atoms with Crippen LogP contribution in [-0.2, 0) is 6.54 Å². The molecule has 1 aromatic carbocycles. The number of aromatic nitrogens is 2. The minimum absolute atomic E-state index is 0.00394. The second kappa shape index (κ2) is 6.42. The molecule has 0 aliphatic heterocycles. The lowest BCUT2D eigenvalue weighted by Gasteiger charge is -2.07. The Balaban J connectivity index is 2.19. The highest BCUT2D eigenvalue weighted by molar-refractivity contribution is 5.99. The molecule has 8 nitrogen and oxygen atoms in total. The summed E-state index contributed by atoms with van der Waals surface area (Å²) in [5, 5.41) is 23.9. The van der Waals surface area contributed by atoms with E-state index in [9.17, 15) is 14.9 Å². The third-order valence-corrected chi connectivity index (χ3v) is 2.78. The van der Waals surface area contributed by atoms with E-state index in [4.69, 9.17) is 0 Å². The number of nitro groups is 1. The van der Waals surface area contributed by atoms with Crippen molar-refractivity contribution in [2.24, 2.45) is 0 Å². The van der Waals surface area contributed by atoms with Gasteiger partial charge < -0.3 is 10.6 Å². The summed E-state index contributed by atoms with van der Waals surface area (Å²) in [6, 6.07) is 7.66. The number of hydrogen-bond acceptors (Lipinski definition) is 6. The molecule has 0 radical (unpaired) electrons. The Labute approximate surface area is 120 Å². The van der Waals surface area contributed by atoms with Crippen molar-refractivity contribution >= 4 is 17.3 Å². The molecule has 0 saturated carbocycles. The van der Waals surface area contributed by atoms with Gasteiger partial charge in [-0.05, 0) is 24.3 Å². The molecule has 1 amide bonds. The van der Waals surface area contributed by atoms with Crippen molar-refractivity contribution in [3.05, 3.63) is 57.9 Å². The van der Waals surface area contributed by atoms with E-state index in [2.05, 4.69) is 20.8 Å². The monoisotopic (exact) mass is 287 g/mol. The molecule has 2 N–H and O–H groups in total. The zero-order valence-corrected chi connectivity index (χ0v) is 11.2. The predicted molar refractivity (Wildman–Crippen MR) is 75.8 cm³/mol. The minimum Gasteiger partial charge on any atom is -0.388 e. The van der Waals surface area contributed by atoms with Crippen LogP contribution in [0.1, 0.15) is 16.1 Å². The highest BCUT2D eigenvalue weighted by atomic mass is 16.6. The maximum Gasteiger partial charge on any atom is 0.282 e. The summed E-state index contributed by atoms with van der Waals surface area (Å²) in [6.45, 7) is 0.146. The number of amides is 1. The van der Waals surface area contributed by atoms with Gasteiger partial charge in [-0.15, -0.1) is 0 Å². The van der Waals surface area contributed by atoms with Crippen LogP contribution in [0.2, 0.25) is 0 Å². The lowest BCUT2D eigenvalue weighted by Crippen LogP contribution is -2.24. The van der Waals surface area contributed by atoms with Gasteiger partial charge in [0, 0.05) is 25.0 Å². The maximum atomic E-state index is 12.1. The van der Waals surface area contributed by atoms with Crippen LogP contribution < -0.4 is 10.6 Å². The fourth-order valence-electron chi connectivity index (χ4n) is 1.73.